The first kappa shape index (κ1) is 40.4. The predicted octanol–water partition coefficient (Wildman–Crippen LogP) is 8.57. The van der Waals surface area contributed by atoms with Crippen molar-refractivity contribution in [1.82, 2.24) is 19.8 Å². The Kier molecular flexibility index (Phi) is 12.9. The second-order valence-corrected chi connectivity index (χ2v) is 18.5. The van der Waals surface area contributed by atoms with Gasteiger partial charge in [-0.1, -0.05) is 54.1 Å². The molecule has 0 spiro atoms. The van der Waals surface area contributed by atoms with E-state index >= 15 is 0 Å². The van der Waals surface area contributed by atoms with Crippen LogP contribution in [0.4, 0.5) is 22.9 Å². The van der Waals surface area contributed by atoms with Gasteiger partial charge < -0.3 is 15.1 Å². The molecule has 0 radical (unpaired) electrons. The largest absolute Gasteiger partial charge is 0.376 e. The smallest absolute Gasteiger partial charge is 0.293 e. The number of rotatable bonds is 16. The zero-order valence-corrected chi connectivity index (χ0v) is 34.8. The zero-order chi connectivity index (χ0) is 39.9. The number of benzene rings is 4. The van der Waals surface area contributed by atoms with E-state index in [1.807, 2.05) is 61.9 Å². The number of piperazine rings is 1. The van der Waals surface area contributed by atoms with Crippen molar-refractivity contribution in [2.75, 3.05) is 67.5 Å². The van der Waals surface area contributed by atoms with Crippen LogP contribution in [0.5, 0.6) is 0 Å². The van der Waals surface area contributed by atoms with Crippen LogP contribution in [0, 0.1) is 10.1 Å². The molecule has 1 aliphatic rings. The number of aromatic nitrogens is 2. The van der Waals surface area contributed by atoms with E-state index < -0.39 is 14.9 Å². The van der Waals surface area contributed by atoms with E-state index in [1.54, 1.807) is 23.1 Å². The van der Waals surface area contributed by atoms with E-state index in [-0.39, 0.29) is 28.1 Å². The molecule has 1 fully saturated rings. The van der Waals surface area contributed by atoms with Gasteiger partial charge in [0.2, 0.25) is 0 Å². The van der Waals surface area contributed by atoms with Crippen molar-refractivity contribution in [3.05, 3.63) is 129 Å². The van der Waals surface area contributed by atoms with Gasteiger partial charge in [0.25, 0.3) is 15.7 Å². The molecule has 57 heavy (non-hydrogen) atoms. The molecule has 1 aliphatic heterocycles. The van der Waals surface area contributed by atoms with Gasteiger partial charge in [-0.3, -0.25) is 19.7 Å². The number of sulfonamides is 1. The summed E-state index contributed by atoms with van der Waals surface area (Å²) in [7, 11) is -0.299. The highest BCUT2D eigenvalue weighted by Gasteiger charge is 2.25. The summed E-state index contributed by atoms with van der Waals surface area (Å²) in [4.78, 5) is 27.0. The third-order valence-electron chi connectivity index (χ3n) is 9.84. The zero-order valence-electron chi connectivity index (χ0n) is 31.5. The normalized spacial score (nSPS) is 14.2. The molecule has 1 atom stereocenters. The minimum atomic E-state index is -4.26. The highest BCUT2D eigenvalue weighted by molar-refractivity contribution is 8.01. The molecule has 2 aromatic heterocycles. The van der Waals surface area contributed by atoms with Gasteiger partial charge in [-0.05, 0) is 97.7 Å². The number of nitrogens with zero attached hydrogens (tertiary/aromatic N) is 6. The lowest BCUT2D eigenvalue weighted by atomic mass is 9.99. The van der Waals surface area contributed by atoms with Crippen LogP contribution >= 0.6 is 34.7 Å². The van der Waals surface area contributed by atoms with Gasteiger partial charge in [-0.25, -0.2) is 18.4 Å². The number of anilines is 3. The summed E-state index contributed by atoms with van der Waals surface area (Å²) in [6.45, 7) is 4.97. The molecule has 0 saturated carbocycles. The molecule has 4 aromatic carbocycles. The van der Waals surface area contributed by atoms with Gasteiger partial charge in [0.05, 0.1) is 19.5 Å². The second-order valence-electron chi connectivity index (χ2n) is 14.1. The molecule has 0 amide bonds. The fraction of sp³-hybridized carbons (Fsp3) is 0.268. The Morgan fingerprint density at radius 2 is 1.75 bits per heavy atom. The van der Waals surface area contributed by atoms with Crippen molar-refractivity contribution >= 4 is 78.5 Å². The fourth-order valence-corrected chi connectivity index (χ4v) is 9.85. The van der Waals surface area contributed by atoms with Crippen LogP contribution in [0.3, 0.4) is 0 Å². The Bertz CT molecular complexity index is 2430. The van der Waals surface area contributed by atoms with Gasteiger partial charge in [0, 0.05) is 66.7 Å². The molecule has 12 nitrogen and oxygen atoms in total. The topological polar surface area (TPSA) is 137 Å². The Balaban J connectivity index is 1.02. The van der Waals surface area contributed by atoms with E-state index in [2.05, 4.69) is 71.1 Å². The molecule has 16 heteroatoms. The minimum absolute atomic E-state index is 0.0925. The molecule has 0 aliphatic carbocycles. The first-order chi connectivity index (χ1) is 27.5. The maximum Gasteiger partial charge on any atom is 0.293 e. The predicted molar refractivity (Wildman–Crippen MR) is 233 cm³/mol. The van der Waals surface area contributed by atoms with Gasteiger partial charge >= 0.3 is 0 Å². The standard InChI is InChI=1S/C41H43ClN8O4S3/c1-47(2)18-17-32(27-56-40-8-5-23-55-40)45-37-16-14-34(25-39(37)50(51)52)57(53,54)46-41-36-15-13-33(24-38(36)43-28-44-41)49-21-19-48(20-22-49)26-30-6-3-4-7-35(30)29-9-11-31(42)12-10-29/h3-16,23-25,28,32,45H,17-22,26-27H2,1-2H3,(H,43,44,46)/t32-/m1/s1. The molecule has 296 valence electrons. The molecule has 1 saturated heterocycles. The van der Waals surface area contributed by atoms with Crippen molar-refractivity contribution in [2.24, 2.45) is 0 Å². The van der Waals surface area contributed by atoms with Gasteiger partial charge in [0.15, 0.2) is 5.82 Å². The van der Waals surface area contributed by atoms with Crippen LogP contribution in [0.1, 0.15) is 12.0 Å². The SMILES string of the molecule is CN(C)CC[C@H](CSc1cccs1)Nc1ccc(S(=O)(=O)Nc2ncnc3cc(N4CCN(Cc5ccccc5-c5ccc(Cl)cc5)CC4)ccc23)cc1[N+](=O)[O-]. The summed E-state index contributed by atoms with van der Waals surface area (Å²) in [5.41, 5.74) is 5.10. The summed E-state index contributed by atoms with van der Waals surface area (Å²) in [5.74, 6) is 0.780. The van der Waals surface area contributed by atoms with Crippen molar-refractivity contribution in [3.63, 3.8) is 0 Å². The molecule has 7 rings (SSSR count). The third kappa shape index (κ3) is 10.2. The van der Waals surface area contributed by atoms with E-state index in [9.17, 15) is 18.5 Å². The summed E-state index contributed by atoms with van der Waals surface area (Å²) in [6.07, 6.45) is 2.06. The molecule has 6 aromatic rings. The average Bonchev–Trinajstić information content (AvgIpc) is 3.73. The number of hydrogen-bond acceptors (Lipinski definition) is 12. The molecule has 0 bridgehead atoms. The summed E-state index contributed by atoms with van der Waals surface area (Å²) >= 11 is 9.46. The number of fused-ring (bicyclic) bond motifs is 1. The lowest BCUT2D eigenvalue weighted by Crippen LogP contribution is -2.46. The van der Waals surface area contributed by atoms with Crippen molar-refractivity contribution in [2.45, 2.75) is 28.1 Å². The Hall–Kier alpha value is -4.77. The summed E-state index contributed by atoms with van der Waals surface area (Å²) in [6, 6.07) is 30.0. The minimum Gasteiger partial charge on any atom is -0.376 e. The van der Waals surface area contributed by atoms with E-state index in [0.717, 1.165) is 67.2 Å². The summed E-state index contributed by atoms with van der Waals surface area (Å²) in [5, 5.41) is 18.8. The number of nitro groups is 1. The number of thiophene rings is 1. The van der Waals surface area contributed by atoms with Crippen molar-refractivity contribution in [3.8, 4) is 11.1 Å². The first-order valence-electron chi connectivity index (χ1n) is 18.5. The molecule has 2 N–H and O–H groups in total. The van der Waals surface area contributed by atoms with Crippen LogP contribution in [0.15, 0.2) is 118 Å². The number of nitrogens with one attached hydrogen (secondary N) is 2. The second kappa shape index (κ2) is 18.2. The maximum absolute atomic E-state index is 13.7. The highest BCUT2D eigenvalue weighted by atomic mass is 35.5. The van der Waals surface area contributed by atoms with E-state index in [0.29, 0.717) is 21.7 Å². The third-order valence-corrected chi connectivity index (χ3v) is 13.7. The molecule has 3 heterocycles. The first-order valence-corrected chi connectivity index (χ1v) is 22.2. The number of hydrogen-bond donors (Lipinski definition) is 2. The summed E-state index contributed by atoms with van der Waals surface area (Å²) < 4.78 is 31.2. The average molecular weight is 844 g/mol. The molecule has 0 unspecified atom stereocenters. The Morgan fingerprint density at radius 3 is 2.49 bits per heavy atom. The lowest BCUT2D eigenvalue weighted by Gasteiger charge is -2.36. The Labute approximate surface area is 346 Å². The van der Waals surface area contributed by atoms with Crippen LogP contribution < -0.4 is 14.9 Å². The molecular formula is C41H43ClN8O4S3. The van der Waals surface area contributed by atoms with E-state index in [4.69, 9.17) is 11.6 Å². The fourth-order valence-electron chi connectivity index (χ4n) is 6.80. The Morgan fingerprint density at radius 1 is 0.965 bits per heavy atom. The van der Waals surface area contributed by atoms with Crippen LogP contribution in [-0.2, 0) is 16.6 Å². The quantitative estimate of drug-likeness (QED) is 0.0551. The van der Waals surface area contributed by atoms with Crippen molar-refractivity contribution in [1.29, 1.82) is 0 Å². The van der Waals surface area contributed by atoms with Gasteiger partial charge in [-0.2, -0.15) is 0 Å². The number of halogens is 1. The van der Waals surface area contributed by atoms with Crippen LogP contribution in [0.2, 0.25) is 5.02 Å². The number of thioether (sulfide) groups is 1. The van der Waals surface area contributed by atoms with Crippen LogP contribution in [0.25, 0.3) is 22.0 Å². The molecular weight excluding hydrogens is 800 g/mol. The van der Waals surface area contributed by atoms with Crippen LogP contribution in [-0.4, -0.2) is 91.7 Å². The highest BCUT2D eigenvalue weighted by Crippen LogP contribution is 2.33. The van der Waals surface area contributed by atoms with Crippen molar-refractivity contribution < 1.29 is 13.3 Å². The van der Waals surface area contributed by atoms with Gasteiger partial charge in [-0.15, -0.1) is 23.1 Å². The van der Waals surface area contributed by atoms with Gasteiger partial charge in [0.1, 0.15) is 12.0 Å². The lowest BCUT2D eigenvalue weighted by molar-refractivity contribution is -0.384. The van der Waals surface area contributed by atoms with E-state index in [1.165, 1.54) is 29.6 Å². The monoisotopic (exact) mass is 842 g/mol. The maximum atomic E-state index is 13.7. The number of nitro benzene ring substituents is 1.